The predicted octanol–water partition coefficient (Wildman–Crippen LogP) is 3.27. The lowest BCUT2D eigenvalue weighted by molar-refractivity contribution is 0.0785. The first-order valence-electron chi connectivity index (χ1n) is 10.7. The lowest BCUT2D eigenvalue weighted by Gasteiger charge is -2.40. The molecule has 0 saturated carbocycles. The number of nitrogens with one attached hydrogen (secondary N) is 1. The monoisotopic (exact) mass is 471 g/mol. The van der Waals surface area contributed by atoms with E-state index < -0.39 is 46.8 Å². The predicted molar refractivity (Wildman–Crippen MR) is 122 cm³/mol. The van der Waals surface area contributed by atoms with Crippen LogP contribution < -0.4 is 16.0 Å². The lowest BCUT2D eigenvalue weighted by Crippen LogP contribution is -2.55. The van der Waals surface area contributed by atoms with Crippen LogP contribution >= 0.6 is 0 Å². The van der Waals surface area contributed by atoms with Gasteiger partial charge in [0.15, 0.2) is 0 Å². The summed E-state index contributed by atoms with van der Waals surface area (Å²) in [5.74, 6) is -3.73. The van der Waals surface area contributed by atoms with Crippen molar-refractivity contribution in [3.05, 3.63) is 71.4 Å². The smallest absolute Gasteiger partial charge is 0.274 e. The molecular formula is C24H24F3N5O2. The number of piperidine rings is 1. The van der Waals surface area contributed by atoms with E-state index in [1.54, 1.807) is 12.3 Å². The SMILES string of the molecule is Cc1cc(F)c(-c2nc(C(=O)Nc3cnccc3N3C[C@@H](N)[C@H](O)[C@@H](C)C3)ccc2F)c(F)c1. The molecule has 7 nitrogen and oxygen atoms in total. The summed E-state index contributed by atoms with van der Waals surface area (Å²) in [4.78, 5) is 22.8. The number of hydrogen-bond acceptors (Lipinski definition) is 6. The fraction of sp³-hybridized carbons (Fsp3) is 0.292. The summed E-state index contributed by atoms with van der Waals surface area (Å²) in [5.41, 5.74) is 5.90. The molecule has 1 aliphatic heterocycles. The van der Waals surface area contributed by atoms with Gasteiger partial charge < -0.3 is 21.1 Å². The minimum absolute atomic E-state index is 0.0962. The highest BCUT2D eigenvalue weighted by molar-refractivity contribution is 6.04. The highest BCUT2D eigenvalue weighted by Crippen LogP contribution is 2.31. The molecule has 0 spiro atoms. The normalized spacial score (nSPS) is 20.3. The molecule has 34 heavy (non-hydrogen) atoms. The molecule has 0 aliphatic carbocycles. The van der Waals surface area contributed by atoms with Gasteiger partial charge in [-0.3, -0.25) is 9.78 Å². The molecule has 178 valence electrons. The van der Waals surface area contributed by atoms with Crippen LogP contribution in [0.1, 0.15) is 23.0 Å². The minimum atomic E-state index is -0.978. The Morgan fingerprint density at radius 3 is 2.53 bits per heavy atom. The highest BCUT2D eigenvalue weighted by Gasteiger charge is 2.32. The van der Waals surface area contributed by atoms with Crippen molar-refractivity contribution >= 4 is 17.3 Å². The Bertz CT molecular complexity index is 1200. The second-order valence-electron chi connectivity index (χ2n) is 8.51. The van der Waals surface area contributed by atoms with Gasteiger partial charge in [-0.2, -0.15) is 0 Å². The van der Waals surface area contributed by atoms with Crippen LogP contribution in [0.4, 0.5) is 24.5 Å². The van der Waals surface area contributed by atoms with Gasteiger partial charge in [0, 0.05) is 31.2 Å². The molecule has 3 aromatic rings. The zero-order valence-corrected chi connectivity index (χ0v) is 18.6. The van der Waals surface area contributed by atoms with E-state index in [1.807, 2.05) is 11.8 Å². The fourth-order valence-electron chi connectivity index (χ4n) is 4.13. The van der Waals surface area contributed by atoms with Crippen molar-refractivity contribution in [1.29, 1.82) is 0 Å². The summed E-state index contributed by atoms with van der Waals surface area (Å²) in [6.45, 7) is 4.26. The molecule has 1 saturated heterocycles. The molecular weight excluding hydrogens is 447 g/mol. The Kier molecular flexibility index (Phi) is 6.54. The van der Waals surface area contributed by atoms with Gasteiger partial charge in [-0.15, -0.1) is 0 Å². The number of anilines is 2. The van der Waals surface area contributed by atoms with E-state index in [4.69, 9.17) is 5.73 Å². The van der Waals surface area contributed by atoms with Gasteiger partial charge in [-0.1, -0.05) is 6.92 Å². The number of pyridine rings is 2. The van der Waals surface area contributed by atoms with Crippen molar-refractivity contribution in [3.63, 3.8) is 0 Å². The van der Waals surface area contributed by atoms with Gasteiger partial charge in [-0.25, -0.2) is 18.2 Å². The molecule has 3 atom stereocenters. The van der Waals surface area contributed by atoms with E-state index >= 15 is 0 Å². The Morgan fingerprint density at radius 2 is 1.85 bits per heavy atom. The summed E-state index contributed by atoms with van der Waals surface area (Å²) in [5, 5.41) is 12.8. The second-order valence-corrected chi connectivity index (χ2v) is 8.51. The number of rotatable bonds is 4. The Labute approximate surface area is 194 Å². The van der Waals surface area contributed by atoms with Crippen molar-refractivity contribution in [2.45, 2.75) is 26.0 Å². The van der Waals surface area contributed by atoms with Gasteiger partial charge >= 0.3 is 0 Å². The van der Waals surface area contributed by atoms with Gasteiger partial charge in [0.1, 0.15) is 28.8 Å². The number of aromatic nitrogens is 2. The number of nitrogens with two attached hydrogens (primary N) is 1. The van der Waals surface area contributed by atoms with Crippen molar-refractivity contribution in [3.8, 4) is 11.3 Å². The average molecular weight is 471 g/mol. The van der Waals surface area contributed by atoms with Crippen molar-refractivity contribution in [1.82, 2.24) is 9.97 Å². The zero-order valence-electron chi connectivity index (χ0n) is 18.6. The molecule has 1 aromatic carbocycles. The summed E-state index contributed by atoms with van der Waals surface area (Å²) < 4.78 is 43.3. The van der Waals surface area contributed by atoms with Crippen LogP contribution in [0.15, 0.2) is 42.7 Å². The van der Waals surface area contributed by atoms with Crippen LogP contribution in [0.2, 0.25) is 0 Å². The molecule has 0 radical (unpaired) electrons. The Morgan fingerprint density at radius 1 is 1.15 bits per heavy atom. The number of hydrogen-bond donors (Lipinski definition) is 3. The average Bonchev–Trinajstić information content (AvgIpc) is 2.78. The van der Waals surface area contributed by atoms with Crippen LogP contribution in [-0.2, 0) is 0 Å². The van der Waals surface area contributed by atoms with Crippen molar-refractivity contribution < 1.29 is 23.1 Å². The first kappa shape index (κ1) is 23.7. The number of aliphatic hydroxyl groups excluding tert-OH is 1. The van der Waals surface area contributed by atoms with Gasteiger partial charge in [0.05, 0.1) is 29.2 Å². The van der Waals surface area contributed by atoms with E-state index in [0.717, 1.165) is 24.3 Å². The number of aryl methyl sites for hydroxylation is 1. The third kappa shape index (κ3) is 4.59. The fourth-order valence-corrected chi connectivity index (χ4v) is 4.13. The second kappa shape index (κ2) is 9.40. The molecule has 1 amide bonds. The van der Waals surface area contributed by atoms with Crippen LogP contribution in [-0.4, -0.2) is 46.2 Å². The number of amides is 1. The van der Waals surface area contributed by atoms with E-state index in [0.29, 0.717) is 30.0 Å². The quantitative estimate of drug-likeness (QED) is 0.540. The van der Waals surface area contributed by atoms with Crippen LogP contribution in [0.25, 0.3) is 11.3 Å². The first-order valence-corrected chi connectivity index (χ1v) is 10.7. The number of carbonyl (C=O) groups excluding carboxylic acids is 1. The summed E-state index contributed by atoms with van der Waals surface area (Å²) >= 11 is 0. The lowest BCUT2D eigenvalue weighted by atomic mass is 9.92. The topological polar surface area (TPSA) is 104 Å². The molecule has 3 heterocycles. The van der Waals surface area contributed by atoms with Crippen LogP contribution in [0.3, 0.4) is 0 Å². The number of nitrogens with zero attached hydrogens (tertiary/aromatic N) is 3. The van der Waals surface area contributed by atoms with Gasteiger partial charge in [0.2, 0.25) is 0 Å². The summed E-state index contributed by atoms with van der Waals surface area (Å²) in [6.07, 6.45) is 2.36. The van der Waals surface area contributed by atoms with E-state index in [9.17, 15) is 23.1 Å². The number of aliphatic hydroxyl groups is 1. The molecule has 1 aliphatic rings. The molecule has 4 rings (SSSR count). The first-order chi connectivity index (χ1) is 16.2. The van der Waals surface area contributed by atoms with E-state index in [-0.39, 0.29) is 11.6 Å². The maximum absolute atomic E-state index is 14.4. The van der Waals surface area contributed by atoms with E-state index in [2.05, 4.69) is 15.3 Å². The summed E-state index contributed by atoms with van der Waals surface area (Å²) in [6, 6.07) is 5.43. The molecule has 2 aromatic heterocycles. The highest BCUT2D eigenvalue weighted by atomic mass is 19.1. The van der Waals surface area contributed by atoms with Crippen molar-refractivity contribution in [2.24, 2.45) is 11.7 Å². The van der Waals surface area contributed by atoms with Gasteiger partial charge in [0.25, 0.3) is 5.91 Å². The Balaban J connectivity index is 1.64. The zero-order chi connectivity index (χ0) is 24.6. The maximum atomic E-state index is 14.4. The molecule has 0 bridgehead atoms. The molecule has 10 heteroatoms. The Hall–Kier alpha value is -3.50. The van der Waals surface area contributed by atoms with E-state index in [1.165, 1.54) is 13.1 Å². The van der Waals surface area contributed by atoms with Crippen molar-refractivity contribution in [2.75, 3.05) is 23.3 Å². The third-order valence-corrected chi connectivity index (χ3v) is 5.85. The van der Waals surface area contributed by atoms with Gasteiger partial charge in [-0.05, 0) is 42.8 Å². The molecule has 0 unspecified atom stereocenters. The largest absolute Gasteiger partial charge is 0.391 e. The molecule has 4 N–H and O–H groups in total. The van der Waals surface area contributed by atoms with Crippen LogP contribution in [0, 0.1) is 30.3 Å². The number of halogens is 3. The summed E-state index contributed by atoms with van der Waals surface area (Å²) in [7, 11) is 0. The maximum Gasteiger partial charge on any atom is 0.274 e. The number of carbonyl (C=O) groups is 1. The van der Waals surface area contributed by atoms with Crippen LogP contribution in [0.5, 0.6) is 0 Å². The minimum Gasteiger partial charge on any atom is -0.391 e. The standard InChI is InChI=1S/C24H24F3N5O2/c1-12-7-15(26)21(16(27)8-12)22-14(25)3-4-18(30-22)24(34)31-19-9-29-6-5-20(19)32-10-13(2)23(33)17(28)11-32/h3-9,13,17,23,33H,10-11,28H2,1-2H3,(H,31,34)/t13-,17+,23+/m0/s1. The number of benzene rings is 1. The third-order valence-electron chi connectivity index (χ3n) is 5.85. The molecule has 1 fully saturated rings.